The average molecular weight is 274 g/mol. The summed E-state index contributed by atoms with van der Waals surface area (Å²) < 4.78 is 24.1. The fourth-order valence-electron chi connectivity index (χ4n) is 1.44. The van der Waals surface area contributed by atoms with E-state index in [0.29, 0.717) is 24.6 Å². The molecule has 1 aromatic heterocycles. The lowest BCUT2D eigenvalue weighted by Gasteiger charge is -2.23. The molecule has 1 heterocycles. The Morgan fingerprint density at radius 3 is 2.44 bits per heavy atom. The van der Waals surface area contributed by atoms with Crippen molar-refractivity contribution in [1.82, 2.24) is 9.78 Å². The molecule has 104 valence electrons. The molecule has 0 aromatic carbocycles. The van der Waals surface area contributed by atoms with Crippen molar-refractivity contribution in [3.05, 3.63) is 5.69 Å². The van der Waals surface area contributed by atoms with E-state index < -0.39 is 14.6 Å². The normalized spacial score (nSPS) is 12.7. The summed E-state index contributed by atoms with van der Waals surface area (Å²) in [6.45, 7) is 8.13. The van der Waals surface area contributed by atoms with E-state index in [-0.39, 0.29) is 0 Å². The number of nitrogens with one attached hydrogen (secondary N) is 1. The summed E-state index contributed by atoms with van der Waals surface area (Å²) in [4.78, 5) is 0. The van der Waals surface area contributed by atoms with Crippen LogP contribution in [-0.4, -0.2) is 35.7 Å². The number of hydrogen-bond donors (Lipinski definition) is 2. The summed E-state index contributed by atoms with van der Waals surface area (Å²) >= 11 is 0. The minimum atomic E-state index is -3.13. The van der Waals surface area contributed by atoms with Crippen molar-refractivity contribution in [1.29, 1.82) is 0 Å². The van der Waals surface area contributed by atoms with Gasteiger partial charge in [0.2, 0.25) is 0 Å². The van der Waals surface area contributed by atoms with Gasteiger partial charge in [0.25, 0.3) is 0 Å². The van der Waals surface area contributed by atoms with Gasteiger partial charge in [0.15, 0.2) is 9.84 Å². The van der Waals surface area contributed by atoms with Gasteiger partial charge in [0, 0.05) is 19.3 Å². The molecule has 18 heavy (non-hydrogen) atoms. The predicted molar refractivity (Wildman–Crippen MR) is 74.5 cm³/mol. The van der Waals surface area contributed by atoms with Gasteiger partial charge in [0.05, 0.1) is 16.1 Å². The van der Waals surface area contributed by atoms with Crippen LogP contribution in [0.15, 0.2) is 0 Å². The van der Waals surface area contributed by atoms with E-state index in [9.17, 15) is 8.42 Å². The number of rotatable bonds is 5. The van der Waals surface area contributed by atoms with Crippen molar-refractivity contribution < 1.29 is 8.42 Å². The van der Waals surface area contributed by atoms with Gasteiger partial charge in [0.1, 0.15) is 5.82 Å². The van der Waals surface area contributed by atoms with Crippen molar-refractivity contribution >= 4 is 21.3 Å². The number of nitrogens with zero attached hydrogens (tertiary/aromatic N) is 2. The number of aromatic nitrogens is 2. The first-order chi connectivity index (χ1) is 8.10. The van der Waals surface area contributed by atoms with E-state index in [4.69, 9.17) is 5.73 Å². The van der Waals surface area contributed by atoms with Crippen LogP contribution in [0.1, 0.15) is 26.5 Å². The second kappa shape index (κ2) is 4.79. The Morgan fingerprint density at radius 2 is 2.00 bits per heavy atom. The molecule has 0 atom stereocenters. The molecular weight excluding hydrogens is 252 g/mol. The molecule has 0 aliphatic heterocycles. The molecular formula is C11H22N4O2S. The van der Waals surface area contributed by atoms with Crippen molar-refractivity contribution in [2.24, 2.45) is 0 Å². The lowest BCUT2D eigenvalue weighted by molar-refractivity contribution is 0.558. The van der Waals surface area contributed by atoms with Crippen LogP contribution in [0.4, 0.5) is 11.5 Å². The summed E-state index contributed by atoms with van der Waals surface area (Å²) in [5.74, 6) is 0.687. The molecule has 0 unspecified atom stereocenters. The molecule has 1 aromatic rings. The van der Waals surface area contributed by atoms with Gasteiger partial charge in [-0.3, -0.25) is 0 Å². The van der Waals surface area contributed by atoms with Gasteiger partial charge in [-0.1, -0.05) is 0 Å². The van der Waals surface area contributed by atoms with Gasteiger partial charge in [-0.05, 0) is 27.7 Å². The Bertz CT molecular complexity index is 531. The molecule has 0 aliphatic rings. The molecule has 6 nitrogen and oxygen atoms in total. The molecule has 0 spiro atoms. The summed E-state index contributed by atoms with van der Waals surface area (Å²) in [5, 5.41) is 7.37. The highest BCUT2D eigenvalue weighted by atomic mass is 32.2. The standard InChI is InChI=1S/C11H22N4O2S/c1-6-15-10(9(12)8(2)14-15)13-7-11(3,4)18(5,16)17/h13H,6-7,12H2,1-5H3. The summed E-state index contributed by atoms with van der Waals surface area (Å²) in [7, 11) is -3.13. The average Bonchev–Trinajstić information content (AvgIpc) is 2.51. The Kier molecular flexibility index (Phi) is 3.95. The van der Waals surface area contributed by atoms with Crippen LogP contribution in [0, 0.1) is 6.92 Å². The number of aryl methyl sites for hydroxylation is 2. The molecule has 0 bridgehead atoms. The van der Waals surface area contributed by atoms with E-state index in [2.05, 4.69) is 10.4 Å². The first-order valence-electron chi connectivity index (χ1n) is 5.86. The predicted octanol–water partition coefficient (Wildman–Crippen LogP) is 1.03. The molecule has 0 saturated heterocycles. The van der Waals surface area contributed by atoms with E-state index in [1.807, 2.05) is 13.8 Å². The van der Waals surface area contributed by atoms with Gasteiger partial charge in [-0.2, -0.15) is 5.10 Å². The molecule has 0 radical (unpaired) electrons. The maximum Gasteiger partial charge on any atom is 0.154 e. The zero-order valence-electron chi connectivity index (χ0n) is 11.6. The smallest absolute Gasteiger partial charge is 0.154 e. The van der Waals surface area contributed by atoms with Gasteiger partial charge in [-0.15, -0.1) is 0 Å². The summed E-state index contributed by atoms with van der Waals surface area (Å²) in [6.07, 6.45) is 1.24. The Labute approximate surface area is 108 Å². The highest BCUT2D eigenvalue weighted by Gasteiger charge is 2.30. The van der Waals surface area contributed by atoms with Gasteiger partial charge < -0.3 is 11.1 Å². The number of nitrogen functional groups attached to an aromatic ring is 1. The minimum Gasteiger partial charge on any atom is -0.394 e. The summed E-state index contributed by atoms with van der Waals surface area (Å²) in [6, 6.07) is 0. The Morgan fingerprint density at radius 1 is 1.44 bits per heavy atom. The van der Waals surface area contributed by atoms with Gasteiger partial charge >= 0.3 is 0 Å². The zero-order valence-corrected chi connectivity index (χ0v) is 12.4. The first-order valence-corrected chi connectivity index (χ1v) is 7.75. The molecule has 0 aliphatic carbocycles. The quantitative estimate of drug-likeness (QED) is 0.837. The molecule has 0 amide bonds. The van der Waals surface area contributed by atoms with Gasteiger partial charge in [-0.25, -0.2) is 13.1 Å². The highest BCUT2D eigenvalue weighted by molar-refractivity contribution is 7.92. The summed E-state index contributed by atoms with van der Waals surface area (Å²) in [5.41, 5.74) is 7.24. The highest BCUT2D eigenvalue weighted by Crippen LogP contribution is 2.24. The number of nitrogens with two attached hydrogens (primary N) is 1. The third-order valence-corrected chi connectivity index (χ3v) is 5.31. The molecule has 0 fully saturated rings. The first kappa shape index (κ1) is 14.8. The lowest BCUT2D eigenvalue weighted by atomic mass is 10.2. The van der Waals surface area contributed by atoms with E-state index >= 15 is 0 Å². The fraction of sp³-hybridized carbons (Fsp3) is 0.727. The van der Waals surface area contributed by atoms with Crippen LogP contribution >= 0.6 is 0 Å². The van der Waals surface area contributed by atoms with E-state index in [1.54, 1.807) is 18.5 Å². The third kappa shape index (κ3) is 2.77. The van der Waals surface area contributed by atoms with Crippen molar-refractivity contribution in [3.63, 3.8) is 0 Å². The monoisotopic (exact) mass is 274 g/mol. The molecule has 7 heteroatoms. The largest absolute Gasteiger partial charge is 0.394 e. The topological polar surface area (TPSA) is 90.0 Å². The van der Waals surface area contributed by atoms with Crippen LogP contribution in [0.5, 0.6) is 0 Å². The van der Waals surface area contributed by atoms with E-state index in [0.717, 1.165) is 5.69 Å². The van der Waals surface area contributed by atoms with Crippen LogP contribution in [0.2, 0.25) is 0 Å². The maximum atomic E-state index is 11.6. The van der Waals surface area contributed by atoms with Crippen molar-refractivity contribution in [3.8, 4) is 0 Å². The Balaban J connectivity index is 2.94. The van der Waals surface area contributed by atoms with Crippen LogP contribution in [0.25, 0.3) is 0 Å². The Hall–Kier alpha value is -1.24. The van der Waals surface area contributed by atoms with Crippen molar-refractivity contribution in [2.75, 3.05) is 23.9 Å². The van der Waals surface area contributed by atoms with Crippen molar-refractivity contribution in [2.45, 2.75) is 39.0 Å². The third-order valence-electron chi connectivity index (χ3n) is 3.16. The number of hydrogen-bond acceptors (Lipinski definition) is 5. The zero-order chi connectivity index (χ0) is 14.1. The second-order valence-electron chi connectivity index (χ2n) is 5.05. The maximum absolute atomic E-state index is 11.6. The number of anilines is 2. The van der Waals surface area contributed by atoms with Crippen LogP contribution in [-0.2, 0) is 16.4 Å². The second-order valence-corrected chi connectivity index (χ2v) is 7.70. The minimum absolute atomic E-state index is 0.293. The van der Waals surface area contributed by atoms with E-state index in [1.165, 1.54) is 6.26 Å². The van der Waals surface area contributed by atoms with Crippen LogP contribution in [0.3, 0.4) is 0 Å². The lowest BCUT2D eigenvalue weighted by Crippen LogP contribution is -2.38. The number of sulfone groups is 1. The molecule has 0 saturated carbocycles. The fourth-order valence-corrected chi connectivity index (χ4v) is 1.77. The molecule has 3 N–H and O–H groups in total. The molecule has 1 rings (SSSR count). The van der Waals surface area contributed by atoms with Crippen LogP contribution < -0.4 is 11.1 Å². The SMILES string of the molecule is CCn1nc(C)c(N)c1NCC(C)(C)S(C)(=O)=O.